The van der Waals surface area contributed by atoms with E-state index >= 15 is 0 Å². The lowest BCUT2D eigenvalue weighted by Gasteiger charge is -2.11. The van der Waals surface area contributed by atoms with Gasteiger partial charge in [0.1, 0.15) is 16.2 Å². The Hall–Kier alpha value is -2.59. The maximum atomic E-state index is 13.4. The fraction of sp³-hybridized carbons (Fsp3) is 0.278. The molecular formula is C18H15FN4O3S2. The quantitative estimate of drug-likeness (QED) is 0.286. The zero-order valence-electron chi connectivity index (χ0n) is 14.6. The van der Waals surface area contributed by atoms with Gasteiger partial charge in [-0.25, -0.2) is 9.97 Å². The van der Waals surface area contributed by atoms with Crippen LogP contribution in [-0.4, -0.2) is 26.6 Å². The van der Waals surface area contributed by atoms with Gasteiger partial charge < -0.3 is 5.32 Å². The molecule has 2 aromatic heterocycles. The topological polar surface area (TPSA) is 98.0 Å². The molecule has 0 saturated heterocycles. The second-order valence-corrected chi connectivity index (χ2v) is 8.38. The summed E-state index contributed by atoms with van der Waals surface area (Å²) in [6.07, 6.45) is 5.89. The Bertz CT molecular complexity index is 1090. The van der Waals surface area contributed by atoms with Gasteiger partial charge in [0.05, 0.1) is 10.7 Å². The van der Waals surface area contributed by atoms with Gasteiger partial charge in [0.2, 0.25) is 11.7 Å². The molecule has 0 saturated carbocycles. The Morgan fingerprint density at radius 1 is 1.32 bits per heavy atom. The zero-order valence-corrected chi connectivity index (χ0v) is 16.2. The molecule has 0 fully saturated rings. The van der Waals surface area contributed by atoms with Gasteiger partial charge in [-0.2, -0.15) is 4.39 Å². The van der Waals surface area contributed by atoms with Gasteiger partial charge in [0.25, 0.3) is 0 Å². The van der Waals surface area contributed by atoms with Crippen molar-refractivity contribution in [3.8, 4) is 0 Å². The van der Waals surface area contributed by atoms with E-state index in [4.69, 9.17) is 0 Å². The van der Waals surface area contributed by atoms with Crippen molar-refractivity contribution >= 4 is 50.6 Å². The first kappa shape index (κ1) is 18.8. The molecule has 144 valence electrons. The smallest absolute Gasteiger partial charge is 0.306 e. The standard InChI is InChI=1S/C18H15FN4O3S2/c19-12-6-5-10(7-13(12)23(25)26)22-15(24)8-27-17-16-11-3-1-2-4-14(11)28-18(16)21-9-20-17/h5-7,9H,1-4,8H2,(H,22,24). The highest BCUT2D eigenvalue weighted by atomic mass is 32.2. The second kappa shape index (κ2) is 7.80. The Morgan fingerprint density at radius 3 is 2.96 bits per heavy atom. The molecule has 7 nitrogen and oxygen atoms in total. The number of halogens is 1. The SMILES string of the molecule is O=C(CSc1ncnc2sc3c(c12)CCCC3)Nc1ccc(F)c([N+](=O)[O-])c1. The van der Waals surface area contributed by atoms with Crippen molar-refractivity contribution in [3.63, 3.8) is 0 Å². The van der Waals surface area contributed by atoms with Crippen LogP contribution in [0.15, 0.2) is 29.6 Å². The molecule has 4 rings (SSSR count). The summed E-state index contributed by atoms with van der Waals surface area (Å²) >= 11 is 3.00. The molecule has 0 aliphatic heterocycles. The van der Waals surface area contributed by atoms with Crippen molar-refractivity contribution in [2.75, 3.05) is 11.1 Å². The number of amides is 1. The van der Waals surface area contributed by atoms with Crippen LogP contribution in [0.25, 0.3) is 10.2 Å². The number of thiophene rings is 1. The summed E-state index contributed by atoms with van der Waals surface area (Å²) in [5.74, 6) is -1.20. The van der Waals surface area contributed by atoms with Crippen molar-refractivity contribution < 1.29 is 14.1 Å². The number of nitrogens with one attached hydrogen (secondary N) is 1. The lowest BCUT2D eigenvalue weighted by Crippen LogP contribution is -2.14. The first-order valence-corrected chi connectivity index (χ1v) is 10.4. The van der Waals surface area contributed by atoms with Gasteiger partial charge in [-0.1, -0.05) is 11.8 Å². The number of aryl methyl sites for hydroxylation is 2. The summed E-state index contributed by atoms with van der Waals surface area (Å²) < 4.78 is 13.4. The van der Waals surface area contributed by atoms with Gasteiger partial charge >= 0.3 is 5.69 Å². The van der Waals surface area contributed by atoms with Gasteiger partial charge in [0, 0.05) is 22.0 Å². The van der Waals surface area contributed by atoms with Crippen LogP contribution in [-0.2, 0) is 17.6 Å². The predicted molar refractivity (Wildman–Crippen MR) is 106 cm³/mol. The number of carbonyl (C=O) groups is 1. The molecule has 0 atom stereocenters. The Labute approximate surface area is 167 Å². The van der Waals surface area contributed by atoms with Crippen LogP contribution in [0.2, 0.25) is 0 Å². The number of thioether (sulfide) groups is 1. The highest BCUT2D eigenvalue weighted by molar-refractivity contribution is 8.00. The van der Waals surface area contributed by atoms with Crippen LogP contribution in [0.3, 0.4) is 0 Å². The number of carbonyl (C=O) groups excluding carboxylic acids is 1. The number of nitrogens with zero attached hydrogens (tertiary/aromatic N) is 3. The third kappa shape index (κ3) is 3.69. The van der Waals surface area contributed by atoms with Gasteiger partial charge in [-0.3, -0.25) is 14.9 Å². The fourth-order valence-electron chi connectivity index (χ4n) is 3.23. The number of hydrogen-bond donors (Lipinski definition) is 1. The van der Waals surface area contributed by atoms with E-state index < -0.39 is 16.4 Å². The monoisotopic (exact) mass is 418 g/mol. The maximum absolute atomic E-state index is 13.4. The third-order valence-electron chi connectivity index (χ3n) is 4.48. The number of anilines is 1. The number of benzene rings is 1. The predicted octanol–water partition coefficient (Wildman–Crippen LogP) is 4.35. The normalized spacial score (nSPS) is 13.3. The molecule has 0 bridgehead atoms. The Morgan fingerprint density at radius 2 is 2.14 bits per heavy atom. The fourth-order valence-corrected chi connectivity index (χ4v) is 5.35. The number of fused-ring (bicyclic) bond motifs is 3. The van der Waals surface area contributed by atoms with Crippen molar-refractivity contribution in [3.05, 3.63) is 50.9 Å². The molecule has 0 radical (unpaired) electrons. The summed E-state index contributed by atoms with van der Waals surface area (Å²) in [6.45, 7) is 0. The lowest BCUT2D eigenvalue weighted by molar-refractivity contribution is -0.387. The van der Waals surface area contributed by atoms with Crippen LogP contribution in [0.4, 0.5) is 15.8 Å². The largest absolute Gasteiger partial charge is 0.325 e. The van der Waals surface area contributed by atoms with E-state index in [0.717, 1.165) is 46.6 Å². The van der Waals surface area contributed by atoms with Crippen molar-refractivity contribution in [1.29, 1.82) is 0 Å². The molecule has 1 aliphatic rings. The molecule has 1 aliphatic carbocycles. The highest BCUT2D eigenvalue weighted by Gasteiger charge is 2.21. The summed E-state index contributed by atoms with van der Waals surface area (Å²) in [5.41, 5.74) is 0.802. The summed E-state index contributed by atoms with van der Waals surface area (Å²) in [6, 6.07) is 3.27. The average Bonchev–Trinajstić information content (AvgIpc) is 3.07. The van der Waals surface area contributed by atoms with Gasteiger partial charge in [-0.15, -0.1) is 11.3 Å². The van der Waals surface area contributed by atoms with Gasteiger partial charge in [0.15, 0.2) is 0 Å². The second-order valence-electron chi connectivity index (χ2n) is 6.33. The minimum atomic E-state index is -0.942. The van der Waals surface area contributed by atoms with E-state index in [2.05, 4.69) is 15.3 Å². The third-order valence-corrected chi connectivity index (χ3v) is 6.67. The summed E-state index contributed by atoms with van der Waals surface area (Å²) in [4.78, 5) is 33.3. The number of nitro benzene ring substituents is 1. The first-order valence-electron chi connectivity index (χ1n) is 8.65. The van der Waals surface area contributed by atoms with Crippen LogP contribution < -0.4 is 5.32 Å². The van der Waals surface area contributed by atoms with Gasteiger partial charge in [-0.05, 0) is 43.4 Å². The number of hydrogen-bond acceptors (Lipinski definition) is 7. The molecule has 2 heterocycles. The molecule has 1 amide bonds. The van der Waals surface area contributed by atoms with Crippen molar-refractivity contribution in [2.45, 2.75) is 30.7 Å². The van der Waals surface area contributed by atoms with Crippen LogP contribution in [0, 0.1) is 15.9 Å². The van der Waals surface area contributed by atoms with Crippen molar-refractivity contribution in [2.24, 2.45) is 0 Å². The molecule has 3 aromatic rings. The van der Waals surface area contributed by atoms with E-state index in [1.54, 1.807) is 11.3 Å². The molecule has 1 N–H and O–H groups in total. The first-order chi connectivity index (χ1) is 13.5. The molecule has 10 heteroatoms. The number of aromatic nitrogens is 2. The van der Waals surface area contributed by atoms with E-state index in [9.17, 15) is 19.3 Å². The van der Waals surface area contributed by atoms with Crippen LogP contribution in [0.5, 0.6) is 0 Å². The number of nitro groups is 1. The maximum Gasteiger partial charge on any atom is 0.306 e. The molecule has 0 spiro atoms. The minimum absolute atomic E-state index is 0.0852. The summed E-state index contributed by atoms with van der Waals surface area (Å²) in [7, 11) is 0. The summed E-state index contributed by atoms with van der Waals surface area (Å²) in [5, 5.41) is 15.2. The van der Waals surface area contributed by atoms with E-state index in [1.165, 1.54) is 41.0 Å². The lowest BCUT2D eigenvalue weighted by atomic mass is 9.97. The van der Waals surface area contributed by atoms with Crippen LogP contribution >= 0.6 is 23.1 Å². The molecule has 1 aromatic carbocycles. The number of rotatable bonds is 5. The molecular weight excluding hydrogens is 403 g/mol. The highest BCUT2D eigenvalue weighted by Crippen LogP contribution is 2.39. The van der Waals surface area contributed by atoms with E-state index in [-0.39, 0.29) is 17.3 Å². The zero-order chi connectivity index (χ0) is 19.7. The Balaban J connectivity index is 1.49. The Kier molecular flexibility index (Phi) is 5.23. The van der Waals surface area contributed by atoms with E-state index in [0.29, 0.717) is 0 Å². The van der Waals surface area contributed by atoms with E-state index in [1.807, 2.05) is 0 Å². The van der Waals surface area contributed by atoms with Crippen LogP contribution in [0.1, 0.15) is 23.3 Å². The average molecular weight is 418 g/mol. The van der Waals surface area contributed by atoms with Crippen molar-refractivity contribution in [1.82, 2.24) is 9.97 Å². The molecule has 28 heavy (non-hydrogen) atoms. The molecule has 0 unspecified atom stereocenters. The minimum Gasteiger partial charge on any atom is -0.325 e.